The first kappa shape index (κ1) is 23.9. The topological polar surface area (TPSA) is 97.3 Å². The average molecular weight is 502 g/mol. The van der Waals surface area contributed by atoms with E-state index in [2.05, 4.69) is 20.7 Å². The number of nitrogens with one attached hydrogen (secondary N) is 2. The molecule has 4 N–H and O–H groups in total. The van der Waals surface area contributed by atoms with Gasteiger partial charge in [0, 0.05) is 32.0 Å². The van der Waals surface area contributed by atoms with E-state index in [0.29, 0.717) is 18.9 Å². The number of amides is 1. The summed E-state index contributed by atoms with van der Waals surface area (Å²) in [5.41, 5.74) is 6.37. The smallest absolute Gasteiger partial charge is 0.222 e. The monoisotopic (exact) mass is 502 g/mol. The lowest BCUT2D eigenvalue weighted by Crippen LogP contribution is -2.39. The van der Waals surface area contributed by atoms with Crippen molar-refractivity contribution in [1.82, 2.24) is 20.4 Å². The Morgan fingerprint density at radius 2 is 2.07 bits per heavy atom. The predicted molar refractivity (Wildman–Crippen MR) is 119 cm³/mol. The van der Waals surface area contributed by atoms with Gasteiger partial charge in [-0.3, -0.25) is 14.5 Å². The fourth-order valence-corrected chi connectivity index (χ4v) is 2.58. The summed E-state index contributed by atoms with van der Waals surface area (Å²) in [7, 11) is 0. The van der Waals surface area contributed by atoms with Crippen LogP contribution in [0.1, 0.15) is 18.9 Å². The van der Waals surface area contributed by atoms with Gasteiger partial charge >= 0.3 is 0 Å². The highest BCUT2D eigenvalue weighted by atomic mass is 127. The molecule has 7 nitrogen and oxygen atoms in total. The molecular formula is C19H28FIN6O. The maximum Gasteiger partial charge on any atom is 0.222 e. The van der Waals surface area contributed by atoms with Crippen LogP contribution in [-0.4, -0.2) is 41.3 Å². The SMILES string of the molecule is CCNC(=NCC(Cc1ccc(F)cc1)C(N)=O)NCCCn1cccn1.I. The van der Waals surface area contributed by atoms with E-state index in [4.69, 9.17) is 5.73 Å². The van der Waals surface area contributed by atoms with Crippen LogP contribution in [0.2, 0.25) is 0 Å². The molecule has 0 bridgehead atoms. The highest BCUT2D eigenvalue weighted by molar-refractivity contribution is 14.0. The van der Waals surface area contributed by atoms with Crippen LogP contribution in [0.5, 0.6) is 0 Å². The van der Waals surface area contributed by atoms with Crippen molar-refractivity contribution in [2.24, 2.45) is 16.6 Å². The minimum atomic E-state index is -0.449. The summed E-state index contributed by atoms with van der Waals surface area (Å²) in [5, 5.41) is 10.6. The summed E-state index contributed by atoms with van der Waals surface area (Å²) in [6.07, 6.45) is 5.00. The molecule has 1 aromatic carbocycles. The number of aliphatic imine (C=N–C) groups is 1. The Morgan fingerprint density at radius 1 is 1.32 bits per heavy atom. The Balaban J connectivity index is 0.00000392. The maximum absolute atomic E-state index is 13.0. The van der Waals surface area contributed by atoms with E-state index in [-0.39, 0.29) is 36.3 Å². The van der Waals surface area contributed by atoms with Crippen molar-refractivity contribution in [2.45, 2.75) is 26.3 Å². The molecule has 0 aliphatic rings. The van der Waals surface area contributed by atoms with Crippen LogP contribution in [0.25, 0.3) is 0 Å². The van der Waals surface area contributed by atoms with Crippen LogP contribution in [0.3, 0.4) is 0 Å². The van der Waals surface area contributed by atoms with Gasteiger partial charge in [0.05, 0.1) is 12.5 Å². The first-order chi connectivity index (χ1) is 13.1. The quantitative estimate of drug-likeness (QED) is 0.200. The van der Waals surface area contributed by atoms with Crippen LogP contribution in [0.15, 0.2) is 47.7 Å². The lowest BCUT2D eigenvalue weighted by atomic mass is 9.99. The van der Waals surface area contributed by atoms with Gasteiger partial charge in [0.2, 0.25) is 5.91 Å². The van der Waals surface area contributed by atoms with Gasteiger partial charge < -0.3 is 16.4 Å². The minimum Gasteiger partial charge on any atom is -0.369 e. The minimum absolute atomic E-state index is 0. The number of rotatable bonds is 10. The highest BCUT2D eigenvalue weighted by Crippen LogP contribution is 2.10. The third-order valence-electron chi connectivity index (χ3n) is 4.03. The summed E-state index contributed by atoms with van der Waals surface area (Å²) in [6.45, 7) is 4.50. The van der Waals surface area contributed by atoms with Gasteiger partial charge in [-0.1, -0.05) is 12.1 Å². The van der Waals surface area contributed by atoms with Crippen molar-refractivity contribution in [2.75, 3.05) is 19.6 Å². The number of hydrogen-bond acceptors (Lipinski definition) is 3. The molecule has 0 aliphatic carbocycles. The van der Waals surface area contributed by atoms with Gasteiger partial charge in [-0.05, 0) is 43.5 Å². The lowest BCUT2D eigenvalue weighted by molar-refractivity contribution is -0.121. The van der Waals surface area contributed by atoms with E-state index in [1.54, 1.807) is 18.3 Å². The van der Waals surface area contributed by atoms with Crippen molar-refractivity contribution < 1.29 is 9.18 Å². The van der Waals surface area contributed by atoms with Crippen molar-refractivity contribution in [3.63, 3.8) is 0 Å². The van der Waals surface area contributed by atoms with E-state index in [0.717, 1.165) is 25.1 Å². The largest absolute Gasteiger partial charge is 0.369 e. The Morgan fingerprint density at radius 3 is 2.68 bits per heavy atom. The normalized spacial score (nSPS) is 12.1. The number of hydrogen-bond donors (Lipinski definition) is 3. The van der Waals surface area contributed by atoms with Gasteiger partial charge in [0.15, 0.2) is 5.96 Å². The Labute approximate surface area is 182 Å². The van der Waals surface area contributed by atoms with Gasteiger partial charge in [0.25, 0.3) is 0 Å². The zero-order valence-corrected chi connectivity index (χ0v) is 18.3. The van der Waals surface area contributed by atoms with Crippen molar-refractivity contribution in [3.8, 4) is 0 Å². The molecule has 0 saturated carbocycles. The van der Waals surface area contributed by atoms with E-state index in [9.17, 15) is 9.18 Å². The first-order valence-electron chi connectivity index (χ1n) is 9.12. The number of nitrogens with zero attached hydrogens (tertiary/aromatic N) is 3. The van der Waals surface area contributed by atoms with Crippen LogP contribution in [0, 0.1) is 11.7 Å². The average Bonchev–Trinajstić information content (AvgIpc) is 3.16. The molecule has 0 aliphatic heterocycles. The lowest BCUT2D eigenvalue weighted by Gasteiger charge is -2.14. The first-order valence-corrected chi connectivity index (χ1v) is 9.12. The standard InChI is InChI=1S/C19H27FN6O.HI/c1-2-22-19(23-9-3-11-26-12-4-10-25-26)24-14-16(18(21)27)13-15-5-7-17(20)8-6-15;/h4-8,10,12,16H,2-3,9,11,13-14H2,1H3,(H2,21,27)(H2,22,23,24);1H. The van der Waals surface area contributed by atoms with Gasteiger partial charge in [-0.2, -0.15) is 5.10 Å². The number of primary amides is 1. The fourth-order valence-electron chi connectivity index (χ4n) is 2.58. The molecule has 0 saturated heterocycles. The molecule has 1 amide bonds. The van der Waals surface area contributed by atoms with E-state index < -0.39 is 11.8 Å². The number of benzene rings is 1. The number of carbonyl (C=O) groups is 1. The number of aromatic nitrogens is 2. The molecule has 1 atom stereocenters. The maximum atomic E-state index is 13.0. The van der Waals surface area contributed by atoms with Crippen LogP contribution in [0.4, 0.5) is 4.39 Å². The zero-order chi connectivity index (χ0) is 19.5. The summed E-state index contributed by atoms with van der Waals surface area (Å²) >= 11 is 0. The molecule has 9 heteroatoms. The van der Waals surface area contributed by atoms with Gasteiger partial charge in [0.1, 0.15) is 5.82 Å². The number of aryl methyl sites for hydroxylation is 1. The third-order valence-corrected chi connectivity index (χ3v) is 4.03. The van der Waals surface area contributed by atoms with Gasteiger partial charge in [-0.15, -0.1) is 24.0 Å². The number of nitrogens with two attached hydrogens (primary N) is 1. The number of carbonyl (C=O) groups excluding carboxylic acids is 1. The fraction of sp³-hybridized carbons (Fsp3) is 0.421. The number of guanidine groups is 1. The molecule has 0 spiro atoms. The Hall–Kier alpha value is -2.17. The second-order valence-corrected chi connectivity index (χ2v) is 6.20. The number of halogens is 2. The molecule has 0 radical (unpaired) electrons. The Kier molecular flexibility index (Phi) is 11.2. The van der Waals surface area contributed by atoms with Crippen LogP contribution < -0.4 is 16.4 Å². The van der Waals surface area contributed by atoms with Gasteiger partial charge in [-0.25, -0.2) is 4.39 Å². The molecule has 1 unspecified atom stereocenters. The molecule has 0 fully saturated rings. The van der Waals surface area contributed by atoms with Crippen LogP contribution in [-0.2, 0) is 17.8 Å². The Bertz CT molecular complexity index is 721. The summed E-state index contributed by atoms with van der Waals surface area (Å²) in [6, 6.07) is 7.97. The molecule has 1 aromatic heterocycles. The summed E-state index contributed by atoms with van der Waals surface area (Å²) in [4.78, 5) is 16.2. The summed E-state index contributed by atoms with van der Waals surface area (Å²) in [5.74, 6) is -0.531. The van der Waals surface area contributed by atoms with Crippen molar-refractivity contribution in [3.05, 3.63) is 54.1 Å². The molecular weight excluding hydrogens is 474 g/mol. The van der Waals surface area contributed by atoms with E-state index >= 15 is 0 Å². The van der Waals surface area contributed by atoms with Crippen LogP contribution >= 0.6 is 24.0 Å². The predicted octanol–water partition coefficient (Wildman–Crippen LogP) is 1.93. The molecule has 2 rings (SSSR count). The third kappa shape index (κ3) is 8.68. The molecule has 28 heavy (non-hydrogen) atoms. The zero-order valence-electron chi connectivity index (χ0n) is 16.0. The van der Waals surface area contributed by atoms with E-state index in [1.807, 2.05) is 23.9 Å². The van der Waals surface area contributed by atoms with Crippen molar-refractivity contribution >= 4 is 35.8 Å². The summed E-state index contributed by atoms with van der Waals surface area (Å²) < 4.78 is 14.9. The highest BCUT2D eigenvalue weighted by Gasteiger charge is 2.16. The van der Waals surface area contributed by atoms with E-state index in [1.165, 1.54) is 12.1 Å². The molecule has 154 valence electrons. The van der Waals surface area contributed by atoms with Crippen molar-refractivity contribution in [1.29, 1.82) is 0 Å². The molecule has 1 heterocycles. The second kappa shape index (κ2) is 13.1. The molecule has 2 aromatic rings. The second-order valence-electron chi connectivity index (χ2n) is 6.20.